The minimum Gasteiger partial charge on any atom is -0.454 e. The third-order valence-electron chi connectivity index (χ3n) is 9.96. The van der Waals surface area contributed by atoms with Gasteiger partial charge in [-0.25, -0.2) is 0 Å². The Morgan fingerprint density at radius 1 is 0.761 bits per heavy atom. The van der Waals surface area contributed by atoms with Crippen molar-refractivity contribution in [1.82, 2.24) is 4.57 Å². The van der Waals surface area contributed by atoms with E-state index >= 15 is 0 Å². The van der Waals surface area contributed by atoms with Gasteiger partial charge in [0.2, 0.25) is 0 Å². The van der Waals surface area contributed by atoms with E-state index in [1.807, 2.05) is 77.1 Å². The number of hydrogen-bond donors (Lipinski definition) is 0. The molecule has 0 radical (unpaired) electrons. The molecule has 0 aliphatic rings. The molecule has 0 aliphatic carbocycles. The highest BCUT2D eigenvalue weighted by Gasteiger charge is 2.18. The highest BCUT2D eigenvalue weighted by atomic mass is 16.3. The topological polar surface area (TPSA) is 21.3 Å². The Morgan fingerprint density at radius 2 is 1.34 bits per heavy atom. The maximum absolute atomic E-state index is 6.24. The lowest BCUT2D eigenvalue weighted by Crippen LogP contribution is -2.13. The fourth-order valence-electron chi connectivity index (χ4n) is 7.06. The summed E-state index contributed by atoms with van der Waals surface area (Å²) in [4.78, 5) is 2.30. The molecule has 7 rings (SSSR count). The number of fused-ring (bicyclic) bond motifs is 4. The van der Waals surface area contributed by atoms with Gasteiger partial charge in [-0.15, -0.1) is 31.8 Å². The fraction of sp³-hybridized carbons (Fsp3) is 0.312. The van der Waals surface area contributed by atoms with Crippen molar-refractivity contribution in [2.45, 2.75) is 122 Å². The summed E-state index contributed by atoms with van der Waals surface area (Å²) in [5.41, 5.74) is 13.1. The largest absolute Gasteiger partial charge is 0.454 e. The molecule has 0 unspecified atom stereocenters. The Bertz CT molecular complexity index is 2550. The summed E-state index contributed by atoms with van der Waals surface area (Å²) in [7, 11) is 2.16. The standard InChI is InChI=1S/C23H17NO.C22H29N.2C5H8.C3H8.2C2H6.C2H2/c1-3-19-15(2)16-9-4-6-12-20(16)24(19)21-13-8-11-18-17-10-5-7-14-22(17)25-23(18)21;1-6-8-19-9-12-21(13-10-19)23(5)22-14-11-18(7-2)16-20(22)15-17(3)4;2*1-3-5-4-2;1-3-2;3*1-2/h3-14H,1H2,2H3;6,9-14,16-17H,1,7-8,15H2,2-5H3;3-5H,1H2,2H3;1H,4-5H2,2H3;3H2,1-2H3;2*1-2H3;1-2H/b;;5-4-;;;;;. The first-order valence-electron chi connectivity index (χ1n) is 24.3. The number of aromatic nitrogens is 1. The zero-order valence-corrected chi connectivity index (χ0v) is 43.8. The van der Waals surface area contributed by atoms with Crippen molar-refractivity contribution in [2.75, 3.05) is 11.9 Å². The molecule has 0 fully saturated rings. The smallest absolute Gasteiger partial charge is 0.159 e. The number of unbranched alkanes of at least 4 members (excludes halogenated alkanes) is 1. The number of rotatable bonds is 11. The van der Waals surface area contributed by atoms with Gasteiger partial charge in [0, 0.05) is 46.7 Å². The van der Waals surface area contributed by atoms with Gasteiger partial charge in [-0.05, 0) is 110 Å². The van der Waals surface area contributed by atoms with Crippen LogP contribution >= 0.6 is 0 Å². The first kappa shape index (κ1) is 60.3. The summed E-state index contributed by atoms with van der Waals surface area (Å²) in [6.07, 6.45) is 28.7. The van der Waals surface area contributed by atoms with E-state index in [4.69, 9.17) is 10.8 Å². The van der Waals surface area contributed by atoms with Crippen LogP contribution in [0.25, 0.3) is 44.6 Å². The van der Waals surface area contributed by atoms with Crippen molar-refractivity contribution in [3.05, 3.63) is 181 Å². The molecule has 3 heteroatoms. The molecule has 7 aromatic rings. The molecule has 2 heterocycles. The monoisotopic (exact) mass is 897 g/mol. The van der Waals surface area contributed by atoms with Crippen LogP contribution in [0, 0.1) is 38.0 Å². The molecule has 0 N–H and O–H groups in total. The van der Waals surface area contributed by atoms with Crippen LogP contribution in [0.1, 0.15) is 123 Å². The van der Waals surface area contributed by atoms with Crippen molar-refractivity contribution in [1.29, 1.82) is 0 Å². The van der Waals surface area contributed by atoms with Crippen LogP contribution in [0.15, 0.2) is 158 Å². The van der Waals surface area contributed by atoms with Gasteiger partial charge in [-0.3, -0.25) is 0 Å². The normalized spacial score (nSPS) is 9.66. The summed E-state index contributed by atoms with van der Waals surface area (Å²) in [5, 5.41) is 3.52. The van der Waals surface area contributed by atoms with Crippen LogP contribution in [0.3, 0.4) is 0 Å². The summed E-state index contributed by atoms with van der Waals surface area (Å²) in [5.74, 6) is 3.17. The maximum atomic E-state index is 6.24. The quantitative estimate of drug-likeness (QED) is 0.0733. The van der Waals surface area contributed by atoms with Crippen LogP contribution in [-0.4, -0.2) is 11.6 Å². The molecule has 2 aromatic heterocycles. The number of furan rings is 1. The van der Waals surface area contributed by atoms with Crippen molar-refractivity contribution in [2.24, 2.45) is 5.92 Å². The van der Waals surface area contributed by atoms with Crippen molar-refractivity contribution >= 4 is 50.3 Å². The molecule has 0 spiro atoms. The van der Waals surface area contributed by atoms with E-state index in [2.05, 4.69) is 194 Å². The molecular formula is C64H84N2O. The van der Waals surface area contributed by atoms with Crippen LogP contribution in [-0.2, 0) is 19.3 Å². The van der Waals surface area contributed by atoms with Crippen molar-refractivity contribution in [3.63, 3.8) is 0 Å². The summed E-state index contributed by atoms with van der Waals surface area (Å²) >= 11 is 0. The molecule has 356 valence electrons. The van der Waals surface area contributed by atoms with Crippen LogP contribution in [0.2, 0.25) is 0 Å². The third kappa shape index (κ3) is 18.3. The minimum absolute atomic E-state index is 0.657. The molecule has 0 atom stereocenters. The summed E-state index contributed by atoms with van der Waals surface area (Å²) < 4.78 is 8.49. The number of benzene rings is 5. The molecule has 0 amide bonds. The lowest BCUT2D eigenvalue weighted by molar-refractivity contribution is 0.646. The zero-order valence-electron chi connectivity index (χ0n) is 43.8. The van der Waals surface area contributed by atoms with Gasteiger partial charge in [-0.1, -0.05) is 186 Å². The highest BCUT2D eigenvalue weighted by Crippen LogP contribution is 2.37. The van der Waals surface area contributed by atoms with E-state index in [9.17, 15) is 0 Å². The van der Waals surface area contributed by atoms with Crippen LogP contribution in [0.5, 0.6) is 0 Å². The fourth-order valence-corrected chi connectivity index (χ4v) is 7.06. The first-order valence-corrected chi connectivity index (χ1v) is 24.3. The number of para-hydroxylation sites is 3. The second-order valence-electron chi connectivity index (χ2n) is 15.4. The minimum atomic E-state index is 0.657. The van der Waals surface area contributed by atoms with E-state index in [1.165, 1.54) is 51.0 Å². The number of anilines is 2. The average Bonchev–Trinajstić information content (AvgIpc) is 3.89. The Hall–Kier alpha value is -6.68. The zero-order chi connectivity index (χ0) is 50.7. The second-order valence-corrected chi connectivity index (χ2v) is 15.4. The van der Waals surface area contributed by atoms with E-state index in [1.54, 1.807) is 6.08 Å². The maximum Gasteiger partial charge on any atom is 0.159 e. The molecule has 0 saturated carbocycles. The predicted molar refractivity (Wildman–Crippen MR) is 305 cm³/mol. The van der Waals surface area contributed by atoms with Gasteiger partial charge in [0.25, 0.3) is 0 Å². The lowest BCUT2D eigenvalue weighted by Gasteiger charge is -2.24. The van der Waals surface area contributed by atoms with Crippen LogP contribution < -0.4 is 4.90 Å². The molecule has 5 aromatic carbocycles. The van der Waals surface area contributed by atoms with Crippen LogP contribution in [0.4, 0.5) is 11.4 Å². The number of allylic oxidation sites excluding steroid dienone is 4. The Balaban J connectivity index is 0.000000952. The molecule has 0 aliphatic heterocycles. The second kappa shape index (κ2) is 35.6. The molecule has 3 nitrogen and oxygen atoms in total. The van der Waals surface area contributed by atoms with Gasteiger partial charge >= 0.3 is 0 Å². The Labute approximate surface area is 409 Å². The number of aryl methyl sites for hydroxylation is 2. The van der Waals surface area contributed by atoms with E-state index in [-0.39, 0.29) is 0 Å². The molecule has 0 saturated heterocycles. The van der Waals surface area contributed by atoms with E-state index in [0.29, 0.717) is 5.92 Å². The highest BCUT2D eigenvalue weighted by molar-refractivity contribution is 6.08. The van der Waals surface area contributed by atoms with Gasteiger partial charge in [0.1, 0.15) is 5.58 Å². The molecular weight excluding hydrogens is 813 g/mol. The van der Waals surface area contributed by atoms with Gasteiger partial charge < -0.3 is 13.9 Å². The number of hydrogen-bond acceptors (Lipinski definition) is 2. The van der Waals surface area contributed by atoms with Crippen molar-refractivity contribution in [3.8, 4) is 30.9 Å². The Kier molecular flexibility index (Phi) is 32.0. The number of terminal acetylenes is 2. The SMILES string of the molecule is C#C.C#CCCC.C=C/C=C\C.C=CCc1ccc(N(C)c2ccc(CC)cc2CC(C)C)cc1.C=Cc1c(C)c2ccccc2n1-c1cccc2c1oc1ccccc12.CC.CC.CCC. The average molecular weight is 897 g/mol. The van der Waals surface area contributed by atoms with Gasteiger partial charge in [0.15, 0.2) is 5.58 Å². The first-order chi connectivity index (χ1) is 32.6. The van der Waals surface area contributed by atoms with E-state index in [0.717, 1.165) is 65.4 Å². The molecule has 67 heavy (non-hydrogen) atoms. The van der Waals surface area contributed by atoms with Crippen molar-refractivity contribution < 1.29 is 4.42 Å². The predicted octanol–water partition coefficient (Wildman–Crippen LogP) is 19.3. The van der Waals surface area contributed by atoms with Gasteiger partial charge in [-0.2, -0.15) is 0 Å². The van der Waals surface area contributed by atoms with Gasteiger partial charge in [0.05, 0.1) is 11.2 Å². The van der Waals surface area contributed by atoms with E-state index < -0.39 is 0 Å². The third-order valence-corrected chi connectivity index (χ3v) is 9.96. The lowest BCUT2D eigenvalue weighted by atomic mass is 9.97. The molecule has 0 bridgehead atoms. The summed E-state index contributed by atoms with van der Waals surface area (Å²) in [6.45, 7) is 36.5. The summed E-state index contributed by atoms with van der Waals surface area (Å²) in [6, 6.07) is 38.7. The number of nitrogens with zero attached hydrogens (tertiary/aromatic N) is 2. The Morgan fingerprint density at radius 3 is 1.85 bits per heavy atom.